The van der Waals surface area contributed by atoms with Crippen LogP contribution in [0.4, 0.5) is 0 Å². The highest BCUT2D eigenvalue weighted by Crippen LogP contribution is 1.98. The van der Waals surface area contributed by atoms with E-state index in [0.29, 0.717) is 19.4 Å². The van der Waals surface area contributed by atoms with Crippen LogP contribution in [0, 0.1) is 0 Å². The number of aliphatic hydroxyl groups excluding tert-OH is 2. The number of hydrogen-bond donors (Lipinski definition) is 2. The van der Waals surface area contributed by atoms with Gasteiger partial charge in [-0.15, -0.1) is 5.10 Å². The molecule has 0 aliphatic carbocycles. The number of aliphatic hydroxyl groups is 2. The molecule has 0 fully saturated rings. The van der Waals surface area contributed by atoms with Crippen LogP contribution in [0.1, 0.15) is 19.0 Å². The van der Waals surface area contributed by atoms with Gasteiger partial charge in [-0.3, -0.25) is 0 Å². The normalized spacial score (nSPS) is 13.2. The molecule has 0 radical (unpaired) electrons. The van der Waals surface area contributed by atoms with Gasteiger partial charge in [0.15, 0.2) is 0 Å². The van der Waals surface area contributed by atoms with Crippen molar-refractivity contribution in [3.05, 3.63) is 11.9 Å². The Morgan fingerprint density at radius 3 is 3.00 bits per heavy atom. The molecule has 0 spiro atoms. The third kappa shape index (κ3) is 3.12. The minimum absolute atomic E-state index is 0.0784. The molecule has 0 saturated heterocycles. The van der Waals surface area contributed by atoms with Gasteiger partial charge < -0.3 is 10.2 Å². The van der Waals surface area contributed by atoms with E-state index in [9.17, 15) is 5.11 Å². The maximum atomic E-state index is 9.31. The fourth-order valence-electron chi connectivity index (χ4n) is 1.00. The van der Waals surface area contributed by atoms with E-state index in [1.165, 1.54) is 0 Å². The zero-order valence-electron chi connectivity index (χ0n) is 7.72. The van der Waals surface area contributed by atoms with Crippen LogP contribution in [-0.2, 0) is 13.0 Å². The lowest BCUT2D eigenvalue weighted by Gasteiger charge is -2.05. The highest BCUT2D eigenvalue weighted by molar-refractivity contribution is 4.92. The van der Waals surface area contributed by atoms with Crippen LogP contribution >= 0.6 is 0 Å². The summed E-state index contributed by atoms with van der Waals surface area (Å²) in [7, 11) is 0. The highest BCUT2D eigenvalue weighted by atomic mass is 16.3. The van der Waals surface area contributed by atoms with Crippen LogP contribution in [0.5, 0.6) is 0 Å². The molecule has 0 saturated carbocycles. The lowest BCUT2D eigenvalue weighted by Crippen LogP contribution is -2.15. The van der Waals surface area contributed by atoms with Crippen LogP contribution in [-0.4, -0.2) is 37.9 Å². The van der Waals surface area contributed by atoms with Crippen LogP contribution in [0.3, 0.4) is 0 Å². The third-order valence-electron chi connectivity index (χ3n) is 1.82. The Bertz CT molecular complexity index is 249. The monoisotopic (exact) mass is 185 g/mol. The quantitative estimate of drug-likeness (QED) is 0.654. The summed E-state index contributed by atoms with van der Waals surface area (Å²) >= 11 is 0. The molecule has 0 bridgehead atoms. The van der Waals surface area contributed by atoms with E-state index in [4.69, 9.17) is 5.11 Å². The molecule has 1 rings (SSSR count). The minimum atomic E-state index is -0.372. The highest BCUT2D eigenvalue weighted by Gasteiger charge is 2.04. The fraction of sp³-hybridized carbons (Fsp3) is 0.750. The van der Waals surface area contributed by atoms with E-state index in [0.717, 1.165) is 5.69 Å². The summed E-state index contributed by atoms with van der Waals surface area (Å²) in [6.07, 6.45) is 2.59. The molecule has 1 aromatic rings. The van der Waals surface area contributed by atoms with Crippen molar-refractivity contribution in [1.29, 1.82) is 0 Å². The van der Waals surface area contributed by atoms with Gasteiger partial charge in [0, 0.05) is 19.2 Å². The Morgan fingerprint density at radius 2 is 2.38 bits per heavy atom. The SMILES string of the molecule is CCC(O)Cn1cc(CCO)nn1. The first-order valence-corrected chi connectivity index (χ1v) is 4.44. The topological polar surface area (TPSA) is 71.2 Å². The lowest BCUT2D eigenvalue weighted by molar-refractivity contribution is 0.144. The minimum Gasteiger partial charge on any atom is -0.396 e. The Labute approximate surface area is 77.0 Å². The number of aromatic nitrogens is 3. The van der Waals surface area contributed by atoms with Crippen molar-refractivity contribution in [2.75, 3.05) is 6.61 Å². The molecule has 5 heteroatoms. The maximum Gasteiger partial charge on any atom is 0.0849 e. The molecular weight excluding hydrogens is 170 g/mol. The van der Waals surface area contributed by atoms with E-state index < -0.39 is 0 Å². The van der Waals surface area contributed by atoms with Crippen molar-refractivity contribution in [1.82, 2.24) is 15.0 Å². The van der Waals surface area contributed by atoms with Crippen molar-refractivity contribution >= 4 is 0 Å². The molecule has 0 aromatic carbocycles. The molecule has 1 aromatic heterocycles. The second-order valence-corrected chi connectivity index (χ2v) is 2.97. The van der Waals surface area contributed by atoms with Gasteiger partial charge in [0.05, 0.1) is 18.3 Å². The van der Waals surface area contributed by atoms with Gasteiger partial charge in [0.2, 0.25) is 0 Å². The maximum absolute atomic E-state index is 9.31. The van der Waals surface area contributed by atoms with Gasteiger partial charge in [0.25, 0.3) is 0 Å². The summed E-state index contributed by atoms with van der Waals surface area (Å²) in [5.74, 6) is 0. The molecule has 5 nitrogen and oxygen atoms in total. The Balaban J connectivity index is 2.48. The zero-order valence-corrected chi connectivity index (χ0v) is 7.72. The summed E-state index contributed by atoms with van der Waals surface area (Å²) in [6.45, 7) is 2.46. The number of hydrogen-bond acceptors (Lipinski definition) is 4. The summed E-state index contributed by atoms with van der Waals surface area (Å²) in [6, 6.07) is 0. The van der Waals surface area contributed by atoms with Crippen molar-refractivity contribution < 1.29 is 10.2 Å². The van der Waals surface area contributed by atoms with E-state index in [1.807, 2.05) is 6.92 Å². The molecule has 74 valence electrons. The first kappa shape index (κ1) is 10.1. The smallest absolute Gasteiger partial charge is 0.0849 e. The van der Waals surface area contributed by atoms with E-state index >= 15 is 0 Å². The largest absolute Gasteiger partial charge is 0.396 e. The summed E-state index contributed by atoms with van der Waals surface area (Å²) in [5.41, 5.74) is 0.755. The summed E-state index contributed by atoms with van der Waals surface area (Å²) in [4.78, 5) is 0. The van der Waals surface area contributed by atoms with Gasteiger partial charge in [-0.25, -0.2) is 4.68 Å². The number of nitrogens with zero attached hydrogens (tertiary/aromatic N) is 3. The Hall–Kier alpha value is -0.940. The zero-order chi connectivity index (χ0) is 9.68. The van der Waals surface area contributed by atoms with Gasteiger partial charge in [0.1, 0.15) is 0 Å². The van der Waals surface area contributed by atoms with Crippen molar-refractivity contribution in [2.24, 2.45) is 0 Å². The molecular formula is C8H15N3O2. The molecule has 0 aliphatic rings. The van der Waals surface area contributed by atoms with Crippen molar-refractivity contribution in [3.8, 4) is 0 Å². The fourth-order valence-corrected chi connectivity index (χ4v) is 1.00. The molecule has 0 amide bonds. The lowest BCUT2D eigenvalue weighted by atomic mass is 10.3. The molecule has 1 heterocycles. The predicted octanol–water partition coefficient (Wildman–Crippen LogP) is -0.416. The summed E-state index contributed by atoms with van der Waals surface area (Å²) < 4.78 is 1.60. The second-order valence-electron chi connectivity index (χ2n) is 2.97. The molecule has 0 aliphatic heterocycles. The van der Waals surface area contributed by atoms with Gasteiger partial charge in [-0.1, -0.05) is 12.1 Å². The predicted molar refractivity (Wildman–Crippen MR) is 47.1 cm³/mol. The van der Waals surface area contributed by atoms with E-state index in [1.54, 1.807) is 10.9 Å². The summed E-state index contributed by atoms with van der Waals surface area (Å²) in [5, 5.41) is 25.6. The molecule has 2 N–H and O–H groups in total. The van der Waals surface area contributed by atoms with Crippen LogP contribution in [0.15, 0.2) is 6.20 Å². The van der Waals surface area contributed by atoms with Crippen molar-refractivity contribution in [3.63, 3.8) is 0 Å². The van der Waals surface area contributed by atoms with Gasteiger partial charge in [-0.2, -0.15) is 0 Å². The third-order valence-corrected chi connectivity index (χ3v) is 1.82. The molecule has 1 atom stereocenters. The van der Waals surface area contributed by atoms with Gasteiger partial charge >= 0.3 is 0 Å². The van der Waals surface area contributed by atoms with Crippen LogP contribution in [0.25, 0.3) is 0 Å². The van der Waals surface area contributed by atoms with Gasteiger partial charge in [-0.05, 0) is 6.42 Å². The van der Waals surface area contributed by atoms with E-state index in [-0.39, 0.29) is 12.7 Å². The van der Waals surface area contributed by atoms with Crippen molar-refractivity contribution in [2.45, 2.75) is 32.4 Å². The molecule has 1 unspecified atom stereocenters. The average molecular weight is 185 g/mol. The second kappa shape index (κ2) is 4.94. The standard InChI is InChI=1S/C8H15N3O2/c1-2-8(13)6-11-5-7(3-4-12)9-10-11/h5,8,12-13H,2-4,6H2,1H3. The first-order chi connectivity index (χ1) is 6.26. The average Bonchev–Trinajstić information content (AvgIpc) is 2.53. The van der Waals surface area contributed by atoms with Crippen LogP contribution < -0.4 is 0 Å². The first-order valence-electron chi connectivity index (χ1n) is 4.44. The number of rotatable bonds is 5. The molecule has 13 heavy (non-hydrogen) atoms. The van der Waals surface area contributed by atoms with Crippen LogP contribution in [0.2, 0.25) is 0 Å². The Morgan fingerprint density at radius 1 is 1.62 bits per heavy atom. The Kier molecular flexibility index (Phi) is 3.85. The van der Waals surface area contributed by atoms with E-state index in [2.05, 4.69) is 10.3 Å².